The van der Waals surface area contributed by atoms with Crippen LogP contribution in [-0.2, 0) is 11.2 Å². The summed E-state index contributed by atoms with van der Waals surface area (Å²) in [5.41, 5.74) is 1.23. The number of halogens is 2. The number of carbonyl (C=O) groups excluding carboxylic acids is 2. The second kappa shape index (κ2) is 10.2. The highest BCUT2D eigenvalue weighted by Crippen LogP contribution is 2.35. The van der Waals surface area contributed by atoms with Crippen LogP contribution in [0, 0.1) is 17.6 Å². The summed E-state index contributed by atoms with van der Waals surface area (Å²) in [6, 6.07) is 13.4. The fraction of sp³-hybridized carbons (Fsp3) is 0.333. The second-order valence-corrected chi connectivity index (χ2v) is 10.0. The molecule has 0 unspecified atom stereocenters. The summed E-state index contributed by atoms with van der Waals surface area (Å²) in [6.45, 7) is 0.969. The van der Waals surface area contributed by atoms with Crippen molar-refractivity contribution in [3.8, 4) is 5.75 Å². The monoisotopic (exact) mass is 496 g/mol. The first kappa shape index (κ1) is 23.5. The number of hydrogen-bond donors (Lipinski definition) is 0. The van der Waals surface area contributed by atoms with Crippen molar-refractivity contribution in [1.82, 2.24) is 9.80 Å². The molecule has 1 aliphatic heterocycles. The summed E-state index contributed by atoms with van der Waals surface area (Å²) in [6.07, 6.45) is 2.75. The molecule has 0 saturated heterocycles. The van der Waals surface area contributed by atoms with Gasteiger partial charge in [0.25, 0.3) is 5.91 Å². The number of fused-ring (bicyclic) bond motifs is 1. The van der Waals surface area contributed by atoms with E-state index in [1.165, 1.54) is 34.0 Å². The van der Waals surface area contributed by atoms with Crippen LogP contribution in [0.15, 0.2) is 60.0 Å². The Morgan fingerprint density at radius 2 is 1.91 bits per heavy atom. The topological polar surface area (TPSA) is 49.9 Å². The number of hydrogen-bond acceptors (Lipinski definition) is 4. The standard InChI is InChI=1S/C27H26F2N2O3S/c28-20-5-3-4-19(14-20)27(33)30(15-18-8-9-18)16-26(32)31-12-10-25-21(11-13-35-25)23(31)17-34-24-7-2-1-6-22(24)29/h1-7,11,13-14,18,23H,8-10,12,15-17H2/t23-/m1/s1. The molecule has 1 aromatic heterocycles. The van der Waals surface area contributed by atoms with Crippen LogP contribution in [0.3, 0.4) is 0 Å². The third kappa shape index (κ3) is 5.37. The average Bonchev–Trinajstić information content (AvgIpc) is 3.54. The first-order valence-electron chi connectivity index (χ1n) is 11.8. The molecule has 182 valence electrons. The van der Waals surface area contributed by atoms with E-state index in [0.29, 0.717) is 19.0 Å². The maximum Gasteiger partial charge on any atom is 0.254 e. The minimum atomic E-state index is -0.486. The predicted molar refractivity (Wildman–Crippen MR) is 129 cm³/mol. The number of rotatable bonds is 8. The molecule has 2 heterocycles. The molecule has 1 aliphatic carbocycles. The lowest BCUT2D eigenvalue weighted by Crippen LogP contribution is -2.48. The highest BCUT2D eigenvalue weighted by molar-refractivity contribution is 7.10. The summed E-state index contributed by atoms with van der Waals surface area (Å²) >= 11 is 1.63. The molecule has 8 heteroatoms. The van der Waals surface area contributed by atoms with Crippen LogP contribution in [0.25, 0.3) is 0 Å². The molecule has 1 saturated carbocycles. The van der Waals surface area contributed by atoms with Gasteiger partial charge in [0.1, 0.15) is 19.0 Å². The van der Waals surface area contributed by atoms with E-state index in [9.17, 15) is 18.4 Å². The Morgan fingerprint density at radius 3 is 2.69 bits per heavy atom. The molecule has 0 spiro atoms. The van der Waals surface area contributed by atoms with Crippen molar-refractivity contribution in [2.75, 3.05) is 26.2 Å². The Hall–Kier alpha value is -3.26. The smallest absolute Gasteiger partial charge is 0.254 e. The second-order valence-electron chi connectivity index (χ2n) is 9.03. The zero-order valence-corrected chi connectivity index (χ0v) is 20.0. The first-order valence-corrected chi connectivity index (χ1v) is 12.7. The molecule has 1 atom stereocenters. The highest BCUT2D eigenvalue weighted by Gasteiger charge is 2.35. The lowest BCUT2D eigenvalue weighted by molar-refractivity contribution is -0.135. The van der Waals surface area contributed by atoms with Crippen molar-refractivity contribution in [1.29, 1.82) is 0 Å². The van der Waals surface area contributed by atoms with Crippen LogP contribution in [0.1, 0.15) is 39.7 Å². The van der Waals surface area contributed by atoms with E-state index in [2.05, 4.69) is 0 Å². The molecular formula is C27H26F2N2O3S. The van der Waals surface area contributed by atoms with Crippen molar-refractivity contribution in [2.45, 2.75) is 25.3 Å². The van der Waals surface area contributed by atoms with Gasteiger partial charge < -0.3 is 14.5 Å². The normalized spacial score (nSPS) is 17.1. The maximum atomic E-state index is 14.1. The number of nitrogens with zero attached hydrogens (tertiary/aromatic N) is 2. The fourth-order valence-corrected chi connectivity index (χ4v) is 5.42. The van der Waals surface area contributed by atoms with Gasteiger partial charge in [0.2, 0.25) is 5.91 Å². The molecule has 2 aliphatic rings. The molecule has 5 rings (SSSR count). The fourth-order valence-electron chi connectivity index (χ4n) is 4.49. The van der Waals surface area contributed by atoms with E-state index >= 15 is 0 Å². The van der Waals surface area contributed by atoms with E-state index in [1.54, 1.807) is 40.5 Å². The predicted octanol–water partition coefficient (Wildman–Crippen LogP) is 5.08. The molecule has 0 bridgehead atoms. The minimum Gasteiger partial charge on any atom is -0.488 e. The van der Waals surface area contributed by atoms with Crippen LogP contribution in [-0.4, -0.2) is 47.9 Å². The van der Waals surface area contributed by atoms with Gasteiger partial charge in [-0.2, -0.15) is 0 Å². The Balaban J connectivity index is 1.35. The zero-order chi connectivity index (χ0) is 24.4. The number of ether oxygens (including phenoxy) is 1. The number of thiophene rings is 1. The number of para-hydroxylation sites is 1. The summed E-state index contributed by atoms with van der Waals surface area (Å²) in [7, 11) is 0. The quantitative estimate of drug-likeness (QED) is 0.437. The van der Waals surface area contributed by atoms with E-state index in [4.69, 9.17) is 4.74 Å². The molecule has 0 N–H and O–H groups in total. The lowest BCUT2D eigenvalue weighted by Gasteiger charge is -2.37. The SMILES string of the molecule is O=C(c1cccc(F)c1)N(CC(=O)N1CCc2sccc2[C@H]1COc1ccccc1F)CC1CC1. The minimum absolute atomic E-state index is 0.0957. The van der Waals surface area contributed by atoms with Crippen molar-refractivity contribution < 1.29 is 23.1 Å². The average molecular weight is 497 g/mol. The van der Waals surface area contributed by atoms with Crippen LogP contribution >= 0.6 is 11.3 Å². The van der Waals surface area contributed by atoms with Gasteiger partial charge in [-0.25, -0.2) is 8.78 Å². The van der Waals surface area contributed by atoms with Crippen LogP contribution in [0.5, 0.6) is 5.75 Å². The number of amides is 2. The summed E-state index contributed by atoms with van der Waals surface area (Å²) in [4.78, 5) is 31.2. The van der Waals surface area contributed by atoms with Gasteiger partial charge in [0, 0.05) is 23.5 Å². The van der Waals surface area contributed by atoms with Crippen molar-refractivity contribution in [3.63, 3.8) is 0 Å². The summed E-state index contributed by atoms with van der Waals surface area (Å²) in [5, 5.41) is 1.99. The Morgan fingerprint density at radius 1 is 1.09 bits per heavy atom. The van der Waals surface area contributed by atoms with Gasteiger partial charge in [-0.3, -0.25) is 9.59 Å². The molecule has 2 amide bonds. The van der Waals surface area contributed by atoms with Crippen LogP contribution < -0.4 is 4.74 Å². The first-order chi connectivity index (χ1) is 17.0. The Labute approximate surface area is 206 Å². The van der Waals surface area contributed by atoms with Crippen LogP contribution in [0.4, 0.5) is 8.78 Å². The Bertz CT molecular complexity index is 1230. The number of carbonyl (C=O) groups is 2. The largest absolute Gasteiger partial charge is 0.488 e. The third-order valence-corrected chi connectivity index (χ3v) is 7.51. The molecular weight excluding hydrogens is 470 g/mol. The van der Waals surface area contributed by atoms with E-state index in [1.807, 2.05) is 11.4 Å². The van der Waals surface area contributed by atoms with E-state index < -0.39 is 11.6 Å². The highest BCUT2D eigenvalue weighted by atomic mass is 32.1. The number of benzene rings is 2. The molecule has 0 radical (unpaired) electrons. The van der Waals surface area contributed by atoms with Gasteiger partial charge in [-0.1, -0.05) is 18.2 Å². The zero-order valence-electron chi connectivity index (χ0n) is 19.2. The molecule has 1 fully saturated rings. The lowest BCUT2D eigenvalue weighted by atomic mass is 10.00. The van der Waals surface area contributed by atoms with E-state index in [0.717, 1.165) is 24.8 Å². The molecule has 3 aromatic rings. The summed E-state index contributed by atoms with van der Waals surface area (Å²) < 4.78 is 33.7. The van der Waals surface area contributed by atoms with Crippen molar-refractivity contribution in [2.24, 2.45) is 5.92 Å². The van der Waals surface area contributed by atoms with Gasteiger partial charge in [-0.05, 0) is 72.5 Å². The van der Waals surface area contributed by atoms with Gasteiger partial charge in [-0.15, -0.1) is 11.3 Å². The Kier molecular flexibility index (Phi) is 6.81. The van der Waals surface area contributed by atoms with Crippen molar-refractivity contribution in [3.05, 3.63) is 87.6 Å². The van der Waals surface area contributed by atoms with E-state index in [-0.39, 0.29) is 42.3 Å². The van der Waals surface area contributed by atoms with Gasteiger partial charge in [0.05, 0.1) is 6.04 Å². The third-order valence-electron chi connectivity index (χ3n) is 6.51. The maximum absolute atomic E-state index is 14.1. The molecule has 5 nitrogen and oxygen atoms in total. The molecule has 2 aromatic carbocycles. The summed E-state index contributed by atoms with van der Waals surface area (Å²) in [5.74, 6) is -0.987. The van der Waals surface area contributed by atoms with Gasteiger partial charge >= 0.3 is 0 Å². The van der Waals surface area contributed by atoms with Gasteiger partial charge in [0.15, 0.2) is 11.6 Å². The molecule has 35 heavy (non-hydrogen) atoms. The van der Waals surface area contributed by atoms with Crippen LogP contribution in [0.2, 0.25) is 0 Å². The van der Waals surface area contributed by atoms with Crippen molar-refractivity contribution >= 4 is 23.2 Å².